The second kappa shape index (κ2) is 8.85. The molecule has 0 aliphatic heterocycles. The number of para-hydroxylation sites is 1. The maximum absolute atomic E-state index is 5.05. The van der Waals surface area contributed by atoms with Crippen LogP contribution in [0, 0.1) is 0 Å². The van der Waals surface area contributed by atoms with Crippen molar-refractivity contribution in [1.82, 2.24) is 9.55 Å². The molecule has 32 heavy (non-hydrogen) atoms. The van der Waals surface area contributed by atoms with E-state index in [4.69, 9.17) is 9.98 Å². The molecule has 0 amide bonds. The van der Waals surface area contributed by atoms with E-state index < -0.39 is 0 Å². The van der Waals surface area contributed by atoms with Gasteiger partial charge in [-0.15, -0.1) is 11.8 Å². The minimum atomic E-state index is 0.830. The van der Waals surface area contributed by atoms with Crippen molar-refractivity contribution in [2.24, 2.45) is 12.0 Å². The number of hydrogen-bond acceptors (Lipinski definition) is 3. The van der Waals surface area contributed by atoms with Crippen LogP contribution >= 0.6 is 11.8 Å². The van der Waals surface area contributed by atoms with Gasteiger partial charge in [0.1, 0.15) is 0 Å². The summed E-state index contributed by atoms with van der Waals surface area (Å²) in [5.74, 6) is 0.830. The molecule has 3 nitrogen and oxygen atoms in total. The van der Waals surface area contributed by atoms with Crippen molar-refractivity contribution in [3.63, 3.8) is 0 Å². The highest BCUT2D eigenvalue weighted by atomic mass is 32.2. The van der Waals surface area contributed by atoms with E-state index in [1.54, 1.807) is 11.8 Å². The van der Waals surface area contributed by atoms with E-state index in [0.29, 0.717) is 0 Å². The highest BCUT2D eigenvalue weighted by Gasteiger charge is 2.16. The van der Waals surface area contributed by atoms with Gasteiger partial charge < -0.3 is 4.57 Å². The van der Waals surface area contributed by atoms with Crippen LogP contribution in [0.15, 0.2) is 107 Å². The van der Waals surface area contributed by atoms with Gasteiger partial charge in [-0.05, 0) is 29.5 Å². The number of fused-ring (bicyclic) bond motifs is 1. The van der Waals surface area contributed by atoms with Gasteiger partial charge in [0, 0.05) is 23.1 Å². The third-order valence-electron chi connectivity index (χ3n) is 5.63. The van der Waals surface area contributed by atoms with E-state index in [0.717, 1.165) is 38.6 Å². The van der Waals surface area contributed by atoms with Crippen molar-refractivity contribution in [3.8, 4) is 22.3 Å². The summed E-state index contributed by atoms with van der Waals surface area (Å²) in [5, 5.41) is 0. The highest BCUT2D eigenvalue weighted by Crippen LogP contribution is 2.35. The van der Waals surface area contributed by atoms with Gasteiger partial charge in [0.05, 0.1) is 22.9 Å². The van der Waals surface area contributed by atoms with Crippen LogP contribution in [0.4, 0.5) is 5.69 Å². The fraction of sp³-hybridized carbons (Fsp3) is 0.0714. The molecule has 0 spiro atoms. The van der Waals surface area contributed by atoms with Crippen molar-refractivity contribution in [1.29, 1.82) is 0 Å². The summed E-state index contributed by atoms with van der Waals surface area (Å²) in [6, 6.07) is 33.5. The Morgan fingerprint density at radius 3 is 2.03 bits per heavy atom. The molecule has 0 bridgehead atoms. The molecule has 4 aromatic carbocycles. The summed E-state index contributed by atoms with van der Waals surface area (Å²) < 4.78 is 2.15. The van der Waals surface area contributed by atoms with Crippen molar-refractivity contribution < 1.29 is 0 Å². The van der Waals surface area contributed by atoms with E-state index in [1.807, 2.05) is 36.5 Å². The number of thioether (sulfide) groups is 1. The second-order valence-corrected chi connectivity index (χ2v) is 8.40. The van der Waals surface area contributed by atoms with Crippen LogP contribution in [-0.2, 0) is 7.05 Å². The van der Waals surface area contributed by atoms with Crippen LogP contribution in [0.5, 0.6) is 0 Å². The summed E-state index contributed by atoms with van der Waals surface area (Å²) in [7, 11) is 2.07. The number of hydrogen-bond donors (Lipinski definition) is 0. The Bertz CT molecular complexity index is 1400. The first kappa shape index (κ1) is 20.3. The summed E-state index contributed by atoms with van der Waals surface area (Å²) in [6.07, 6.45) is 3.94. The highest BCUT2D eigenvalue weighted by molar-refractivity contribution is 7.98. The minimum Gasteiger partial charge on any atom is -0.326 e. The lowest BCUT2D eigenvalue weighted by molar-refractivity contribution is 0.935. The van der Waals surface area contributed by atoms with Gasteiger partial charge in [-0.2, -0.15) is 0 Å². The molecule has 0 fully saturated rings. The molecule has 0 saturated heterocycles. The number of benzene rings is 4. The van der Waals surface area contributed by atoms with E-state index in [2.05, 4.69) is 84.6 Å². The molecular weight excluding hydrogens is 410 g/mol. The van der Waals surface area contributed by atoms with Crippen molar-refractivity contribution in [2.45, 2.75) is 4.90 Å². The fourth-order valence-electron chi connectivity index (χ4n) is 4.02. The third kappa shape index (κ3) is 3.74. The Hall–Kier alpha value is -3.63. The summed E-state index contributed by atoms with van der Waals surface area (Å²) in [6.45, 7) is 0. The van der Waals surface area contributed by atoms with E-state index in [9.17, 15) is 0 Å². The zero-order chi connectivity index (χ0) is 21.9. The molecule has 0 saturated carbocycles. The predicted molar refractivity (Wildman–Crippen MR) is 137 cm³/mol. The van der Waals surface area contributed by atoms with Crippen molar-refractivity contribution >= 4 is 34.7 Å². The van der Waals surface area contributed by atoms with Gasteiger partial charge in [-0.1, -0.05) is 84.9 Å². The maximum atomic E-state index is 5.05. The second-order valence-electron chi connectivity index (χ2n) is 7.55. The smallest absolute Gasteiger partial charge is 0.152 e. The first-order valence-electron chi connectivity index (χ1n) is 10.5. The molecule has 0 atom stereocenters. The van der Waals surface area contributed by atoms with E-state index in [-0.39, 0.29) is 0 Å². The predicted octanol–water partition coefficient (Wildman–Crippen LogP) is 7.38. The molecule has 5 rings (SSSR count). The minimum absolute atomic E-state index is 0.830. The van der Waals surface area contributed by atoms with Crippen LogP contribution in [0.2, 0.25) is 0 Å². The monoisotopic (exact) mass is 433 g/mol. The third-order valence-corrected chi connectivity index (χ3v) is 6.42. The number of rotatable bonds is 5. The molecular formula is C28H23N3S. The Kier molecular flexibility index (Phi) is 5.61. The number of aliphatic imine (C=N–C) groups is 1. The molecule has 0 radical (unpaired) electrons. The molecule has 0 aliphatic rings. The lowest BCUT2D eigenvalue weighted by atomic mass is 9.98. The van der Waals surface area contributed by atoms with Crippen LogP contribution in [0.25, 0.3) is 33.3 Å². The molecule has 0 unspecified atom stereocenters. The summed E-state index contributed by atoms with van der Waals surface area (Å²) in [5.41, 5.74) is 7.68. The van der Waals surface area contributed by atoms with Gasteiger partial charge in [0.25, 0.3) is 0 Å². The first-order valence-corrected chi connectivity index (χ1v) is 11.8. The number of aryl methyl sites for hydroxylation is 1. The summed E-state index contributed by atoms with van der Waals surface area (Å²) in [4.78, 5) is 11.0. The molecule has 0 N–H and O–H groups in total. The van der Waals surface area contributed by atoms with Crippen molar-refractivity contribution in [3.05, 3.63) is 103 Å². The van der Waals surface area contributed by atoms with Crippen LogP contribution in [0.3, 0.4) is 0 Å². The van der Waals surface area contributed by atoms with Gasteiger partial charge >= 0.3 is 0 Å². The van der Waals surface area contributed by atoms with Crippen LogP contribution < -0.4 is 0 Å². The average molecular weight is 434 g/mol. The lowest BCUT2D eigenvalue weighted by Crippen LogP contribution is -1.97. The Labute approximate surface area is 192 Å². The fourth-order valence-corrected chi connectivity index (χ4v) is 4.56. The SMILES string of the molecule is CSc1ccccc1/N=C/c1nc2c(-c3ccccc3)ccc(-c3ccccc3)c2n1C. The number of nitrogens with zero attached hydrogens (tertiary/aromatic N) is 3. The summed E-state index contributed by atoms with van der Waals surface area (Å²) >= 11 is 1.70. The topological polar surface area (TPSA) is 30.2 Å². The van der Waals surface area contributed by atoms with Crippen molar-refractivity contribution in [2.75, 3.05) is 6.26 Å². The number of imidazole rings is 1. The zero-order valence-electron chi connectivity index (χ0n) is 18.1. The van der Waals surface area contributed by atoms with Gasteiger partial charge in [-0.3, -0.25) is 4.99 Å². The molecule has 4 heteroatoms. The van der Waals surface area contributed by atoms with Crippen LogP contribution in [0.1, 0.15) is 5.82 Å². The first-order chi connectivity index (χ1) is 15.8. The molecule has 1 aromatic heterocycles. The number of aromatic nitrogens is 2. The Morgan fingerprint density at radius 2 is 1.34 bits per heavy atom. The maximum Gasteiger partial charge on any atom is 0.152 e. The molecule has 1 heterocycles. The van der Waals surface area contributed by atoms with Gasteiger partial charge in [-0.25, -0.2) is 4.98 Å². The normalized spacial score (nSPS) is 11.4. The average Bonchev–Trinajstić information content (AvgIpc) is 3.19. The van der Waals surface area contributed by atoms with E-state index in [1.165, 1.54) is 11.1 Å². The molecule has 5 aromatic rings. The van der Waals surface area contributed by atoms with Crippen LogP contribution in [-0.4, -0.2) is 22.0 Å². The zero-order valence-corrected chi connectivity index (χ0v) is 18.9. The molecule has 156 valence electrons. The standard InChI is InChI=1S/C28H23N3S/c1-31-26(19-29-24-15-9-10-16-25(24)32-2)30-27-22(20-11-5-3-6-12-20)17-18-23(28(27)31)21-13-7-4-8-14-21/h3-19H,1-2H3/b29-19+. The lowest BCUT2D eigenvalue weighted by Gasteiger charge is -2.10. The Morgan fingerprint density at radius 1 is 0.750 bits per heavy atom. The largest absolute Gasteiger partial charge is 0.326 e. The van der Waals surface area contributed by atoms with Gasteiger partial charge in [0.15, 0.2) is 5.82 Å². The van der Waals surface area contributed by atoms with E-state index >= 15 is 0 Å². The van der Waals surface area contributed by atoms with Gasteiger partial charge in [0.2, 0.25) is 0 Å². The molecule has 0 aliphatic carbocycles. The quantitative estimate of drug-likeness (QED) is 0.214. The Balaban J connectivity index is 1.72.